The fourth-order valence-corrected chi connectivity index (χ4v) is 1.30. The highest BCUT2D eigenvalue weighted by Gasteiger charge is 2.05. The zero-order valence-electron chi connectivity index (χ0n) is 10.2. The summed E-state index contributed by atoms with van der Waals surface area (Å²) in [5.41, 5.74) is 0.381. The minimum absolute atomic E-state index is 0.283. The number of carboxylic acids is 1. The lowest BCUT2D eigenvalue weighted by atomic mass is 10.1. The van der Waals surface area contributed by atoms with Crippen molar-refractivity contribution in [3.05, 3.63) is 35.4 Å². The molecule has 1 aromatic rings. The van der Waals surface area contributed by atoms with Gasteiger partial charge in [0.2, 0.25) is 0 Å². The summed E-state index contributed by atoms with van der Waals surface area (Å²) in [4.78, 5) is 10.7. The molecule has 0 aliphatic carbocycles. The third kappa shape index (κ3) is 4.30. The highest BCUT2D eigenvalue weighted by Crippen LogP contribution is 2.15. The van der Waals surface area contributed by atoms with Crippen LogP contribution in [0.4, 0.5) is 0 Å². The Morgan fingerprint density at radius 1 is 1.44 bits per heavy atom. The van der Waals surface area contributed by atoms with Crippen LogP contribution >= 0.6 is 0 Å². The van der Waals surface area contributed by atoms with Gasteiger partial charge in [0.25, 0.3) is 0 Å². The van der Waals surface area contributed by atoms with Gasteiger partial charge in [0.15, 0.2) is 0 Å². The van der Waals surface area contributed by atoms with Gasteiger partial charge in [-0.05, 0) is 30.2 Å². The van der Waals surface area contributed by atoms with Crippen molar-refractivity contribution in [2.24, 2.45) is 0 Å². The number of nitriles is 1. The minimum Gasteiger partial charge on any atom is -0.494 e. The fraction of sp³-hybridized carbons (Fsp3) is 0.286. The summed E-state index contributed by atoms with van der Waals surface area (Å²) in [6.45, 7) is 2.76. The van der Waals surface area contributed by atoms with Gasteiger partial charge in [-0.25, -0.2) is 4.79 Å². The van der Waals surface area contributed by atoms with E-state index in [-0.39, 0.29) is 5.57 Å². The monoisotopic (exact) mass is 245 g/mol. The number of nitrogens with zero attached hydrogens (tertiary/aromatic N) is 1. The number of hydrogen-bond acceptors (Lipinski definition) is 3. The number of hydrogen-bond donors (Lipinski definition) is 1. The molecule has 0 atom stereocenters. The number of rotatable bonds is 6. The Balaban J connectivity index is 2.71. The van der Waals surface area contributed by atoms with E-state index in [1.54, 1.807) is 30.3 Å². The lowest BCUT2D eigenvalue weighted by molar-refractivity contribution is -0.132. The molecule has 4 heteroatoms. The van der Waals surface area contributed by atoms with E-state index >= 15 is 0 Å². The number of carboxylic acid groups (broad SMARTS) is 1. The molecule has 0 heterocycles. The second-order valence-corrected chi connectivity index (χ2v) is 3.75. The zero-order valence-corrected chi connectivity index (χ0v) is 10.2. The molecule has 0 radical (unpaired) electrons. The van der Waals surface area contributed by atoms with Crippen molar-refractivity contribution < 1.29 is 14.6 Å². The Morgan fingerprint density at radius 2 is 2.11 bits per heavy atom. The van der Waals surface area contributed by atoms with Gasteiger partial charge in [0.1, 0.15) is 17.4 Å². The number of benzene rings is 1. The highest BCUT2D eigenvalue weighted by molar-refractivity contribution is 5.96. The summed E-state index contributed by atoms with van der Waals surface area (Å²) >= 11 is 0. The third-order valence-corrected chi connectivity index (χ3v) is 2.31. The molecule has 0 amide bonds. The van der Waals surface area contributed by atoms with E-state index in [0.29, 0.717) is 12.2 Å². The minimum atomic E-state index is -1.22. The largest absolute Gasteiger partial charge is 0.494 e. The van der Waals surface area contributed by atoms with Crippen LogP contribution in [0.1, 0.15) is 25.3 Å². The van der Waals surface area contributed by atoms with Gasteiger partial charge in [-0.3, -0.25) is 0 Å². The van der Waals surface area contributed by atoms with E-state index in [4.69, 9.17) is 15.1 Å². The Hall–Kier alpha value is -2.28. The molecule has 94 valence electrons. The number of aliphatic carboxylic acids is 1. The maximum atomic E-state index is 10.7. The summed E-state index contributed by atoms with van der Waals surface area (Å²) in [5, 5.41) is 17.3. The maximum Gasteiger partial charge on any atom is 0.346 e. The predicted molar refractivity (Wildman–Crippen MR) is 68.1 cm³/mol. The average Bonchev–Trinajstić information content (AvgIpc) is 2.37. The summed E-state index contributed by atoms with van der Waals surface area (Å²) in [6, 6.07) is 8.61. The van der Waals surface area contributed by atoms with E-state index in [2.05, 4.69) is 6.92 Å². The summed E-state index contributed by atoms with van der Waals surface area (Å²) < 4.78 is 5.48. The molecule has 0 unspecified atom stereocenters. The summed E-state index contributed by atoms with van der Waals surface area (Å²) in [6.07, 6.45) is 3.41. The number of ether oxygens (including phenoxy) is 1. The Kier molecular flexibility index (Phi) is 5.46. The van der Waals surface area contributed by atoms with E-state index in [0.717, 1.165) is 18.6 Å². The van der Waals surface area contributed by atoms with E-state index in [9.17, 15) is 4.79 Å². The smallest absolute Gasteiger partial charge is 0.346 e. The molecule has 1 rings (SSSR count). The van der Waals surface area contributed by atoms with Gasteiger partial charge in [-0.1, -0.05) is 25.5 Å². The molecular formula is C14H15NO3. The molecule has 0 aliphatic heterocycles. The van der Waals surface area contributed by atoms with Gasteiger partial charge in [0, 0.05) is 0 Å². The molecule has 0 aliphatic rings. The first-order valence-corrected chi connectivity index (χ1v) is 5.75. The molecule has 0 fully saturated rings. The van der Waals surface area contributed by atoms with Crippen LogP contribution in [-0.2, 0) is 4.79 Å². The van der Waals surface area contributed by atoms with Crippen molar-refractivity contribution in [2.45, 2.75) is 19.8 Å². The molecule has 1 aromatic carbocycles. The molecule has 0 bridgehead atoms. The normalized spacial score (nSPS) is 10.8. The van der Waals surface area contributed by atoms with Gasteiger partial charge in [0.05, 0.1) is 6.61 Å². The number of unbranched alkanes of at least 4 members (excludes halogenated alkanes) is 1. The van der Waals surface area contributed by atoms with E-state index in [1.165, 1.54) is 6.08 Å². The summed E-state index contributed by atoms with van der Waals surface area (Å²) in [5.74, 6) is -0.477. The second kappa shape index (κ2) is 7.13. The first-order chi connectivity index (χ1) is 8.67. The first kappa shape index (κ1) is 13.8. The topological polar surface area (TPSA) is 70.3 Å². The third-order valence-electron chi connectivity index (χ3n) is 2.31. The van der Waals surface area contributed by atoms with Crippen LogP contribution in [0, 0.1) is 11.3 Å². The van der Waals surface area contributed by atoms with Crippen LogP contribution in [0.25, 0.3) is 6.08 Å². The fourth-order valence-electron chi connectivity index (χ4n) is 1.30. The quantitative estimate of drug-likeness (QED) is 0.475. The van der Waals surface area contributed by atoms with Gasteiger partial charge in [-0.15, -0.1) is 0 Å². The molecule has 0 spiro atoms. The van der Waals surface area contributed by atoms with Gasteiger partial charge >= 0.3 is 5.97 Å². The predicted octanol–water partition coefficient (Wildman–Crippen LogP) is 2.86. The molecule has 18 heavy (non-hydrogen) atoms. The average molecular weight is 245 g/mol. The van der Waals surface area contributed by atoms with Crippen LogP contribution in [0.2, 0.25) is 0 Å². The van der Waals surface area contributed by atoms with E-state index < -0.39 is 5.97 Å². The van der Waals surface area contributed by atoms with Crippen molar-refractivity contribution in [3.63, 3.8) is 0 Å². The molecule has 0 saturated heterocycles. The lowest BCUT2D eigenvalue weighted by Crippen LogP contribution is -1.98. The van der Waals surface area contributed by atoms with Crippen LogP contribution in [-0.4, -0.2) is 17.7 Å². The van der Waals surface area contributed by atoms with Crippen LogP contribution < -0.4 is 4.74 Å². The number of carbonyl (C=O) groups is 1. The molecular weight excluding hydrogens is 230 g/mol. The SMILES string of the molecule is CCCCOc1ccc(/C=C(\C#N)C(=O)O)cc1. The molecule has 0 aromatic heterocycles. The molecule has 4 nitrogen and oxygen atoms in total. The highest BCUT2D eigenvalue weighted by atomic mass is 16.5. The second-order valence-electron chi connectivity index (χ2n) is 3.75. The lowest BCUT2D eigenvalue weighted by Gasteiger charge is -2.05. The van der Waals surface area contributed by atoms with Crippen molar-refractivity contribution in [3.8, 4) is 11.8 Å². The zero-order chi connectivity index (χ0) is 13.4. The van der Waals surface area contributed by atoms with Crippen molar-refractivity contribution in [2.75, 3.05) is 6.61 Å². The van der Waals surface area contributed by atoms with E-state index in [1.807, 2.05) is 0 Å². The van der Waals surface area contributed by atoms with Gasteiger partial charge < -0.3 is 9.84 Å². The van der Waals surface area contributed by atoms with Crippen molar-refractivity contribution in [1.82, 2.24) is 0 Å². The van der Waals surface area contributed by atoms with Crippen molar-refractivity contribution in [1.29, 1.82) is 5.26 Å². The Morgan fingerprint density at radius 3 is 2.61 bits per heavy atom. The van der Waals surface area contributed by atoms with Crippen LogP contribution in [0.5, 0.6) is 5.75 Å². The molecule has 0 saturated carbocycles. The summed E-state index contributed by atoms with van der Waals surface area (Å²) in [7, 11) is 0. The Bertz CT molecular complexity index is 469. The molecule has 1 N–H and O–H groups in total. The Labute approximate surface area is 106 Å². The standard InChI is InChI=1S/C14H15NO3/c1-2-3-8-18-13-6-4-11(5-7-13)9-12(10-15)14(16)17/h4-7,9H,2-3,8H2,1H3,(H,16,17)/b12-9+. The first-order valence-electron chi connectivity index (χ1n) is 5.75. The van der Waals surface area contributed by atoms with Crippen molar-refractivity contribution >= 4 is 12.0 Å². The maximum absolute atomic E-state index is 10.7. The van der Waals surface area contributed by atoms with Crippen LogP contribution in [0.15, 0.2) is 29.8 Å². The van der Waals surface area contributed by atoms with Gasteiger partial charge in [-0.2, -0.15) is 5.26 Å². The van der Waals surface area contributed by atoms with Crippen LogP contribution in [0.3, 0.4) is 0 Å².